The summed E-state index contributed by atoms with van der Waals surface area (Å²) in [7, 11) is 0. The summed E-state index contributed by atoms with van der Waals surface area (Å²) < 4.78 is 0. The Morgan fingerprint density at radius 1 is 0.727 bits per heavy atom. The molecule has 0 bridgehead atoms. The molecule has 0 aliphatic heterocycles. The molecule has 1 aliphatic carbocycles. The van der Waals surface area contributed by atoms with Gasteiger partial charge < -0.3 is 0 Å². The van der Waals surface area contributed by atoms with Gasteiger partial charge in [0.1, 0.15) is 0 Å². The van der Waals surface area contributed by atoms with Crippen LogP contribution in [0.1, 0.15) is 44.9 Å². The van der Waals surface area contributed by atoms with Crippen LogP contribution >= 0.6 is 0 Å². The molecule has 0 aromatic heterocycles. The first-order valence-corrected chi connectivity index (χ1v) is 4.61. The van der Waals surface area contributed by atoms with Crippen molar-refractivity contribution < 1.29 is 0 Å². The lowest BCUT2D eigenvalue weighted by molar-refractivity contribution is 0.702. The first-order valence-electron chi connectivity index (χ1n) is 4.61. The van der Waals surface area contributed by atoms with Gasteiger partial charge in [0.15, 0.2) is 0 Å². The fourth-order valence-electron chi connectivity index (χ4n) is 1.22. The van der Waals surface area contributed by atoms with Crippen molar-refractivity contribution in [2.45, 2.75) is 44.9 Å². The number of hydrogen-bond acceptors (Lipinski definition) is 0. The Kier molecular flexibility index (Phi) is 4.61. The highest BCUT2D eigenvalue weighted by Crippen LogP contribution is 2.05. The molecule has 0 radical (unpaired) electrons. The van der Waals surface area contributed by atoms with Crippen molar-refractivity contribution in [2.75, 3.05) is 0 Å². The van der Waals surface area contributed by atoms with Gasteiger partial charge in [-0.3, -0.25) is 0 Å². The number of hydrogen-bond donors (Lipinski definition) is 0. The molecule has 0 heteroatoms. The van der Waals surface area contributed by atoms with Gasteiger partial charge in [0, 0.05) is 12.8 Å². The molecule has 0 N–H and O–H groups in total. The van der Waals surface area contributed by atoms with Crippen LogP contribution in [0.2, 0.25) is 0 Å². The maximum atomic E-state index is 3.20. The highest BCUT2D eigenvalue weighted by atomic mass is 13.9. The van der Waals surface area contributed by atoms with Crippen molar-refractivity contribution in [1.82, 2.24) is 0 Å². The second kappa shape index (κ2) is 6.04. The SMILES string of the molecule is C1#CCCCCCC=CCC1. The van der Waals surface area contributed by atoms with Crippen molar-refractivity contribution in [1.29, 1.82) is 0 Å². The Bertz CT molecular complexity index is 166. The average molecular weight is 148 g/mol. The van der Waals surface area contributed by atoms with Crippen molar-refractivity contribution in [3.05, 3.63) is 12.2 Å². The molecule has 1 rings (SSSR count). The molecule has 0 aromatic carbocycles. The van der Waals surface area contributed by atoms with E-state index in [0.717, 1.165) is 19.3 Å². The van der Waals surface area contributed by atoms with Crippen LogP contribution < -0.4 is 0 Å². The van der Waals surface area contributed by atoms with E-state index in [-0.39, 0.29) is 0 Å². The zero-order chi connectivity index (χ0) is 7.78. The molecule has 0 amide bonds. The molecular formula is C11H16. The van der Waals surface area contributed by atoms with Crippen LogP contribution in [0, 0.1) is 11.8 Å². The van der Waals surface area contributed by atoms with Crippen molar-refractivity contribution >= 4 is 0 Å². The second-order valence-electron chi connectivity index (χ2n) is 2.96. The molecule has 60 valence electrons. The molecule has 0 fully saturated rings. The van der Waals surface area contributed by atoms with Crippen LogP contribution in [-0.4, -0.2) is 0 Å². The quantitative estimate of drug-likeness (QED) is 0.365. The van der Waals surface area contributed by atoms with Gasteiger partial charge >= 0.3 is 0 Å². The van der Waals surface area contributed by atoms with Gasteiger partial charge in [-0.1, -0.05) is 18.6 Å². The van der Waals surface area contributed by atoms with Crippen LogP contribution in [-0.2, 0) is 0 Å². The van der Waals surface area contributed by atoms with E-state index in [1.165, 1.54) is 25.7 Å². The van der Waals surface area contributed by atoms with Crippen LogP contribution in [0.5, 0.6) is 0 Å². The third kappa shape index (κ3) is 4.67. The van der Waals surface area contributed by atoms with Gasteiger partial charge in [-0.25, -0.2) is 0 Å². The second-order valence-corrected chi connectivity index (χ2v) is 2.96. The van der Waals surface area contributed by atoms with Gasteiger partial charge in [-0.15, -0.1) is 11.8 Å². The fraction of sp³-hybridized carbons (Fsp3) is 0.636. The first kappa shape index (κ1) is 8.40. The molecule has 0 atom stereocenters. The summed E-state index contributed by atoms with van der Waals surface area (Å²) in [6, 6.07) is 0. The maximum absolute atomic E-state index is 3.20. The molecule has 0 spiro atoms. The third-order valence-corrected chi connectivity index (χ3v) is 1.90. The molecule has 1 aliphatic rings. The van der Waals surface area contributed by atoms with E-state index in [4.69, 9.17) is 0 Å². The largest absolute Gasteiger partial charge is 0.103 e. The lowest BCUT2D eigenvalue weighted by atomic mass is 10.1. The molecular weight excluding hydrogens is 132 g/mol. The zero-order valence-corrected chi connectivity index (χ0v) is 7.10. The first-order chi connectivity index (χ1) is 5.50. The maximum Gasteiger partial charge on any atom is 0.0123 e. The minimum Gasteiger partial charge on any atom is -0.103 e. The molecule has 0 saturated heterocycles. The molecule has 11 heavy (non-hydrogen) atoms. The van der Waals surface area contributed by atoms with Crippen LogP contribution in [0.15, 0.2) is 12.2 Å². The van der Waals surface area contributed by atoms with E-state index in [1.807, 2.05) is 0 Å². The summed E-state index contributed by atoms with van der Waals surface area (Å²) in [5.74, 6) is 6.38. The summed E-state index contributed by atoms with van der Waals surface area (Å²) in [6.07, 6.45) is 13.1. The minimum atomic E-state index is 1.05. The van der Waals surface area contributed by atoms with Crippen LogP contribution in [0.3, 0.4) is 0 Å². The summed E-state index contributed by atoms with van der Waals surface area (Å²) in [6.45, 7) is 0. The Morgan fingerprint density at radius 3 is 2.55 bits per heavy atom. The van der Waals surface area contributed by atoms with E-state index in [9.17, 15) is 0 Å². The van der Waals surface area contributed by atoms with E-state index >= 15 is 0 Å². The van der Waals surface area contributed by atoms with Crippen molar-refractivity contribution in [3.8, 4) is 11.8 Å². The van der Waals surface area contributed by atoms with E-state index < -0.39 is 0 Å². The Balaban J connectivity index is 2.26. The zero-order valence-electron chi connectivity index (χ0n) is 7.10. The fourth-order valence-corrected chi connectivity index (χ4v) is 1.22. The number of rotatable bonds is 0. The van der Waals surface area contributed by atoms with E-state index in [1.54, 1.807) is 0 Å². The summed E-state index contributed by atoms with van der Waals surface area (Å²) in [5, 5.41) is 0. The topological polar surface area (TPSA) is 0 Å². The van der Waals surface area contributed by atoms with Gasteiger partial charge in [-0.05, 0) is 25.7 Å². The Morgan fingerprint density at radius 2 is 1.55 bits per heavy atom. The normalized spacial score (nSPS) is 19.6. The lowest BCUT2D eigenvalue weighted by Crippen LogP contribution is -1.73. The molecule has 0 nitrogen and oxygen atoms in total. The molecule has 0 unspecified atom stereocenters. The predicted octanol–water partition coefficient (Wildman–Crippen LogP) is 3.29. The van der Waals surface area contributed by atoms with Gasteiger partial charge in [0.25, 0.3) is 0 Å². The summed E-state index contributed by atoms with van der Waals surface area (Å²) >= 11 is 0. The minimum absolute atomic E-state index is 1.05. The van der Waals surface area contributed by atoms with E-state index in [2.05, 4.69) is 24.0 Å². The standard InChI is InChI=1S/C11H16/c1-2-4-6-8-10-11-9-7-5-3-1/h1-2H,3-7,9,11H2. The Hall–Kier alpha value is -0.700. The summed E-state index contributed by atoms with van der Waals surface area (Å²) in [4.78, 5) is 0. The lowest BCUT2D eigenvalue weighted by Gasteiger charge is -1.92. The summed E-state index contributed by atoms with van der Waals surface area (Å²) in [5.41, 5.74) is 0. The molecule has 0 heterocycles. The van der Waals surface area contributed by atoms with E-state index in [0.29, 0.717) is 0 Å². The molecule has 0 saturated carbocycles. The van der Waals surface area contributed by atoms with Gasteiger partial charge in [0.05, 0.1) is 0 Å². The van der Waals surface area contributed by atoms with Crippen LogP contribution in [0.25, 0.3) is 0 Å². The molecule has 0 aromatic rings. The Labute approximate surface area is 69.7 Å². The smallest absolute Gasteiger partial charge is 0.0123 e. The van der Waals surface area contributed by atoms with Crippen molar-refractivity contribution in [3.63, 3.8) is 0 Å². The monoisotopic (exact) mass is 148 g/mol. The third-order valence-electron chi connectivity index (χ3n) is 1.90. The van der Waals surface area contributed by atoms with Crippen molar-refractivity contribution in [2.24, 2.45) is 0 Å². The van der Waals surface area contributed by atoms with Crippen LogP contribution in [0.4, 0.5) is 0 Å². The number of allylic oxidation sites excluding steroid dienone is 2. The van der Waals surface area contributed by atoms with Gasteiger partial charge in [0.2, 0.25) is 0 Å². The highest BCUT2D eigenvalue weighted by molar-refractivity contribution is 5.00. The predicted molar refractivity (Wildman–Crippen MR) is 49.2 cm³/mol. The highest BCUT2D eigenvalue weighted by Gasteiger charge is 1.86. The van der Waals surface area contributed by atoms with Gasteiger partial charge in [-0.2, -0.15) is 0 Å². The average Bonchev–Trinajstić information content (AvgIpc) is 2.08.